The second-order valence-corrected chi connectivity index (χ2v) is 4.86. The summed E-state index contributed by atoms with van der Waals surface area (Å²) in [6.07, 6.45) is 2.19. The number of nitrogens with zero attached hydrogens (tertiary/aromatic N) is 2. The van der Waals surface area contributed by atoms with Crippen LogP contribution in [0.3, 0.4) is 0 Å². The molecule has 19 heavy (non-hydrogen) atoms. The van der Waals surface area contributed by atoms with Gasteiger partial charge in [0.15, 0.2) is 0 Å². The van der Waals surface area contributed by atoms with Crippen LogP contribution < -0.4 is 5.73 Å². The molecule has 0 spiro atoms. The van der Waals surface area contributed by atoms with Gasteiger partial charge in [-0.25, -0.2) is 9.37 Å². The molecule has 102 valence electrons. The molecule has 0 saturated heterocycles. The highest BCUT2D eigenvalue weighted by molar-refractivity contribution is 5.73. The minimum absolute atomic E-state index is 0.234. The lowest BCUT2D eigenvalue weighted by atomic mass is 10.1. The SMILES string of the molecule is CCCCn1c(C)nc(-c2ccc(F)cc2C)c1N. The molecule has 0 bridgehead atoms. The number of aromatic nitrogens is 2. The highest BCUT2D eigenvalue weighted by Crippen LogP contribution is 2.29. The number of benzene rings is 1. The monoisotopic (exact) mass is 261 g/mol. The van der Waals surface area contributed by atoms with E-state index in [1.165, 1.54) is 12.1 Å². The van der Waals surface area contributed by atoms with Crippen LogP contribution in [0.4, 0.5) is 10.2 Å². The minimum Gasteiger partial charge on any atom is -0.383 e. The lowest BCUT2D eigenvalue weighted by Crippen LogP contribution is -2.05. The zero-order chi connectivity index (χ0) is 14.0. The van der Waals surface area contributed by atoms with Crippen LogP contribution in [0.5, 0.6) is 0 Å². The van der Waals surface area contributed by atoms with Gasteiger partial charge >= 0.3 is 0 Å². The molecule has 2 N–H and O–H groups in total. The Labute approximate surface area is 113 Å². The Morgan fingerprint density at radius 1 is 1.32 bits per heavy atom. The maximum absolute atomic E-state index is 13.2. The first-order valence-corrected chi connectivity index (χ1v) is 6.63. The first kappa shape index (κ1) is 13.6. The standard InChI is InChI=1S/C15H20FN3/c1-4-5-8-19-11(3)18-14(15(19)17)13-7-6-12(16)9-10(13)2/h6-7,9H,4-5,8,17H2,1-3H3. The van der Waals surface area contributed by atoms with Gasteiger partial charge in [0, 0.05) is 12.1 Å². The molecule has 0 aliphatic rings. The average molecular weight is 261 g/mol. The van der Waals surface area contributed by atoms with Gasteiger partial charge in [-0.2, -0.15) is 0 Å². The zero-order valence-corrected chi connectivity index (χ0v) is 11.7. The summed E-state index contributed by atoms with van der Waals surface area (Å²) in [5, 5.41) is 0. The van der Waals surface area contributed by atoms with Crippen molar-refractivity contribution in [2.75, 3.05) is 5.73 Å². The van der Waals surface area contributed by atoms with E-state index in [0.717, 1.165) is 42.0 Å². The Hall–Kier alpha value is -1.84. The van der Waals surface area contributed by atoms with Crippen molar-refractivity contribution < 1.29 is 4.39 Å². The van der Waals surface area contributed by atoms with E-state index in [-0.39, 0.29) is 5.82 Å². The number of rotatable bonds is 4. The van der Waals surface area contributed by atoms with E-state index in [9.17, 15) is 4.39 Å². The van der Waals surface area contributed by atoms with E-state index in [0.29, 0.717) is 5.82 Å². The Morgan fingerprint density at radius 2 is 2.05 bits per heavy atom. The average Bonchev–Trinajstić information content (AvgIpc) is 2.63. The number of nitrogen functional groups attached to an aromatic ring is 1. The van der Waals surface area contributed by atoms with Crippen LogP contribution in [0.1, 0.15) is 31.2 Å². The zero-order valence-electron chi connectivity index (χ0n) is 11.7. The first-order chi connectivity index (χ1) is 9.04. The molecule has 1 aromatic carbocycles. The van der Waals surface area contributed by atoms with Gasteiger partial charge in [0.05, 0.1) is 0 Å². The maximum atomic E-state index is 13.2. The molecule has 0 radical (unpaired) electrons. The predicted octanol–water partition coefficient (Wildman–Crippen LogP) is 3.69. The Kier molecular flexibility index (Phi) is 3.88. The van der Waals surface area contributed by atoms with Crippen LogP contribution in [-0.2, 0) is 6.54 Å². The van der Waals surface area contributed by atoms with Crippen LogP contribution in [0.2, 0.25) is 0 Å². The molecule has 2 rings (SSSR count). The van der Waals surface area contributed by atoms with E-state index in [1.54, 1.807) is 6.07 Å². The fourth-order valence-electron chi connectivity index (χ4n) is 2.27. The molecule has 1 heterocycles. The van der Waals surface area contributed by atoms with Gasteiger partial charge < -0.3 is 10.3 Å². The molecule has 0 aliphatic heterocycles. The van der Waals surface area contributed by atoms with Crippen LogP contribution in [0.15, 0.2) is 18.2 Å². The first-order valence-electron chi connectivity index (χ1n) is 6.63. The summed E-state index contributed by atoms with van der Waals surface area (Å²) in [6, 6.07) is 4.70. The van der Waals surface area contributed by atoms with E-state index in [1.807, 2.05) is 18.4 Å². The summed E-state index contributed by atoms with van der Waals surface area (Å²) in [7, 11) is 0. The number of anilines is 1. The predicted molar refractivity (Wildman–Crippen MR) is 76.4 cm³/mol. The third-order valence-electron chi connectivity index (χ3n) is 3.38. The molecule has 4 heteroatoms. The molecule has 2 aromatic rings. The molecule has 3 nitrogen and oxygen atoms in total. The van der Waals surface area contributed by atoms with Crippen molar-refractivity contribution in [2.45, 2.75) is 40.2 Å². The third-order valence-corrected chi connectivity index (χ3v) is 3.38. The van der Waals surface area contributed by atoms with Crippen molar-refractivity contribution in [3.8, 4) is 11.3 Å². The van der Waals surface area contributed by atoms with Crippen LogP contribution >= 0.6 is 0 Å². The summed E-state index contributed by atoms with van der Waals surface area (Å²) in [4.78, 5) is 4.54. The number of unbranched alkanes of at least 4 members (excludes halogenated alkanes) is 1. The molecular formula is C15H20FN3. The fraction of sp³-hybridized carbons (Fsp3) is 0.400. The quantitative estimate of drug-likeness (QED) is 0.912. The van der Waals surface area contributed by atoms with Gasteiger partial charge in [-0.05, 0) is 44.0 Å². The van der Waals surface area contributed by atoms with Crippen molar-refractivity contribution in [3.05, 3.63) is 35.4 Å². The highest BCUT2D eigenvalue weighted by atomic mass is 19.1. The maximum Gasteiger partial charge on any atom is 0.131 e. The number of hydrogen-bond acceptors (Lipinski definition) is 2. The van der Waals surface area contributed by atoms with Crippen LogP contribution in [0, 0.1) is 19.7 Å². The Balaban J connectivity index is 2.45. The Morgan fingerprint density at radius 3 is 2.68 bits per heavy atom. The van der Waals surface area contributed by atoms with Gasteiger partial charge in [-0.1, -0.05) is 13.3 Å². The van der Waals surface area contributed by atoms with Gasteiger partial charge in [0.1, 0.15) is 23.2 Å². The van der Waals surface area contributed by atoms with E-state index < -0.39 is 0 Å². The molecular weight excluding hydrogens is 241 g/mol. The lowest BCUT2D eigenvalue weighted by molar-refractivity contribution is 0.622. The molecule has 0 unspecified atom stereocenters. The van der Waals surface area contributed by atoms with E-state index >= 15 is 0 Å². The van der Waals surface area contributed by atoms with Gasteiger partial charge in [-0.15, -0.1) is 0 Å². The number of aryl methyl sites for hydroxylation is 2. The molecule has 0 aliphatic carbocycles. The second-order valence-electron chi connectivity index (χ2n) is 4.86. The number of hydrogen-bond donors (Lipinski definition) is 1. The summed E-state index contributed by atoms with van der Waals surface area (Å²) in [6.45, 7) is 6.85. The van der Waals surface area contributed by atoms with Crippen LogP contribution in [0.25, 0.3) is 11.3 Å². The number of halogens is 1. The van der Waals surface area contributed by atoms with Crippen molar-refractivity contribution in [2.24, 2.45) is 0 Å². The molecule has 0 atom stereocenters. The van der Waals surface area contributed by atoms with Gasteiger partial charge in [0.25, 0.3) is 0 Å². The summed E-state index contributed by atoms with van der Waals surface area (Å²) in [5.74, 6) is 1.34. The van der Waals surface area contributed by atoms with Gasteiger partial charge in [0.2, 0.25) is 0 Å². The van der Waals surface area contributed by atoms with Crippen molar-refractivity contribution in [1.29, 1.82) is 0 Å². The van der Waals surface area contributed by atoms with E-state index in [4.69, 9.17) is 5.73 Å². The topological polar surface area (TPSA) is 43.8 Å². The van der Waals surface area contributed by atoms with Gasteiger partial charge in [-0.3, -0.25) is 0 Å². The summed E-state index contributed by atoms with van der Waals surface area (Å²) >= 11 is 0. The molecule has 0 saturated carbocycles. The molecule has 0 fully saturated rings. The van der Waals surface area contributed by atoms with Crippen molar-refractivity contribution in [3.63, 3.8) is 0 Å². The Bertz CT molecular complexity index is 587. The normalized spacial score (nSPS) is 10.9. The highest BCUT2D eigenvalue weighted by Gasteiger charge is 2.15. The lowest BCUT2D eigenvalue weighted by Gasteiger charge is -2.07. The van der Waals surface area contributed by atoms with Crippen molar-refractivity contribution in [1.82, 2.24) is 9.55 Å². The summed E-state index contributed by atoms with van der Waals surface area (Å²) in [5.41, 5.74) is 8.70. The fourth-order valence-corrected chi connectivity index (χ4v) is 2.27. The van der Waals surface area contributed by atoms with Crippen molar-refractivity contribution >= 4 is 5.82 Å². The third kappa shape index (κ3) is 2.62. The number of imidazole rings is 1. The largest absolute Gasteiger partial charge is 0.383 e. The molecule has 0 amide bonds. The second kappa shape index (κ2) is 5.43. The van der Waals surface area contributed by atoms with E-state index in [2.05, 4.69) is 11.9 Å². The molecule has 1 aromatic heterocycles. The number of nitrogens with two attached hydrogens (primary N) is 1. The minimum atomic E-state index is -0.234. The smallest absolute Gasteiger partial charge is 0.131 e. The summed E-state index contributed by atoms with van der Waals surface area (Å²) < 4.78 is 15.2. The van der Waals surface area contributed by atoms with Crippen LogP contribution in [-0.4, -0.2) is 9.55 Å².